The third kappa shape index (κ3) is 3.23. The maximum absolute atomic E-state index is 12.2. The highest BCUT2D eigenvalue weighted by molar-refractivity contribution is 5.84. The lowest BCUT2D eigenvalue weighted by molar-refractivity contribution is -0.384. The van der Waals surface area contributed by atoms with Gasteiger partial charge in [0.25, 0.3) is 0 Å². The lowest BCUT2D eigenvalue weighted by Crippen LogP contribution is -2.44. The van der Waals surface area contributed by atoms with Crippen LogP contribution in [0.4, 0.5) is 11.5 Å². The quantitative estimate of drug-likeness (QED) is 0.670. The molecular weight excluding hydrogens is 260 g/mol. The van der Waals surface area contributed by atoms with Crippen LogP contribution in [0.15, 0.2) is 18.3 Å². The SMILES string of the molecule is CC(Nc1ncccc1[N+](=O)[O-])C(=O)N1CCCCC1. The van der Waals surface area contributed by atoms with Gasteiger partial charge in [-0.1, -0.05) is 0 Å². The number of nitrogens with one attached hydrogen (secondary N) is 1. The van der Waals surface area contributed by atoms with Crippen LogP contribution in [0.1, 0.15) is 26.2 Å². The largest absolute Gasteiger partial charge is 0.353 e. The third-order valence-corrected chi connectivity index (χ3v) is 3.37. The fourth-order valence-electron chi connectivity index (χ4n) is 2.31. The number of carbonyl (C=O) groups excluding carboxylic acids is 1. The molecule has 1 aliphatic rings. The van der Waals surface area contributed by atoms with Gasteiger partial charge < -0.3 is 10.2 Å². The standard InChI is InChI=1S/C13H18N4O3/c1-10(13(18)16-8-3-2-4-9-16)15-12-11(17(19)20)6-5-7-14-12/h5-7,10H,2-4,8-9H2,1H3,(H,14,15). The smallest absolute Gasteiger partial charge is 0.311 e. The van der Waals surface area contributed by atoms with Gasteiger partial charge in [0, 0.05) is 25.4 Å². The summed E-state index contributed by atoms with van der Waals surface area (Å²) in [6, 6.07) is 2.34. The van der Waals surface area contributed by atoms with Crippen molar-refractivity contribution in [1.82, 2.24) is 9.88 Å². The number of carbonyl (C=O) groups is 1. The van der Waals surface area contributed by atoms with Gasteiger partial charge in [-0.3, -0.25) is 14.9 Å². The molecule has 108 valence electrons. The van der Waals surface area contributed by atoms with E-state index < -0.39 is 11.0 Å². The van der Waals surface area contributed by atoms with E-state index in [1.54, 1.807) is 11.8 Å². The molecule has 7 heteroatoms. The number of likely N-dealkylation sites (tertiary alicyclic amines) is 1. The normalized spacial score (nSPS) is 16.6. The number of aromatic nitrogens is 1. The summed E-state index contributed by atoms with van der Waals surface area (Å²) in [5.41, 5.74) is -0.120. The van der Waals surface area contributed by atoms with Crippen LogP contribution in [0, 0.1) is 10.1 Å². The number of rotatable bonds is 4. The summed E-state index contributed by atoms with van der Waals surface area (Å²) in [4.78, 5) is 28.4. The summed E-state index contributed by atoms with van der Waals surface area (Å²) in [6.07, 6.45) is 4.65. The topological polar surface area (TPSA) is 88.4 Å². The van der Waals surface area contributed by atoms with Crippen molar-refractivity contribution in [3.63, 3.8) is 0 Å². The number of amides is 1. The minimum absolute atomic E-state index is 0.0374. The minimum Gasteiger partial charge on any atom is -0.353 e. The van der Waals surface area contributed by atoms with E-state index in [1.165, 1.54) is 18.3 Å². The first-order chi connectivity index (χ1) is 9.59. The number of anilines is 1. The van der Waals surface area contributed by atoms with Crippen LogP contribution in [-0.4, -0.2) is 39.8 Å². The zero-order valence-electron chi connectivity index (χ0n) is 11.4. The average Bonchev–Trinajstić information content (AvgIpc) is 2.47. The molecule has 0 saturated carbocycles. The molecule has 0 radical (unpaired) electrons. The zero-order valence-corrected chi connectivity index (χ0v) is 11.4. The van der Waals surface area contributed by atoms with E-state index in [0.29, 0.717) is 0 Å². The number of piperidine rings is 1. The molecule has 0 aliphatic carbocycles. The predicted molar refractivity (Wildman–Crippen MR) is 74.4 cm³/mol. The molecule has 2 rings (SSSR count). The van der Waals surface area contributed by atoms with Crippen LogP contribution < -0.4 is 5.32 Å². The molecule has 20 heavy (non-hydrogen) atoms. The Bertz CT molecular complexity index is 500. The molecule has 1 fully saturated rings. The molecule has 0 spiro atoms. The van der Waals surface area contributed by atoms with E-state index in [2.05, 4.69) is 10.3 Å². The summed E-state index contributed by atoms with van der Waals surface area (Å²) < 4.78 is 0. The molecule has 1 N–H and O–H groups in total. The minimum atomic E-state index is -0.526. The van der Waals surface area contributed by atoms with E-state index in [9.17, 15) is 14.9 Å². The highest BCUT2D eigenvalue weighted by atomic mass is 16.6. The average molecular weight is 278 g/mol. The zero-order chi connectivity index (χ0) is 14.5. The third-order valence-electron chi connectivity index (χ3n) is 3.37. The van der Waals surface area contributed by atoms with E-state index in [4.69, 9.17) is 0 Å². The lowest BCUT2D eigenvalue weighted by Gasteiger charge is -2.29. The monoisotopic (exact) mass is 278 g/mol. The molecule has 1 aromatic rings. The van der Waals surface area contributed by atoms with Gasteiger partial charge in [-0.05, 0) is 32.3 Å². The van der Waals surface area contributed by atoms with E-state index in [0.717, 1.165) is 32.4 Å². The highest BCUT2D eigenvalue weighted by Crippen LogP contribution is 2.21. The maximum atomic E-state index is 12.2. The van der Waals surface area contributed by atoms with E-state index in [1.807, 2.05) is 0 Å². The summed E-state index contributed by atoms with van der Waals surface area (Å²) in [7, 11) is 0. The van der Waals surface area contributed by atoms with Crippen LogP contribution in [0.5, 0.6) is 0 Å². The maximum Gasteiger partial charge on any atom is 0.311 e. The van der Waals surface area contributed by atoms with Gasteiger partial charge in [-0.2, -0.15) is 0 Å². The van der Waals surface area contributed by atoms with Gasteiger partial charge >= 0.3 is 5.69 Å². The second-order valence-electron chi connectivity index (χ2n) is 4.88. The van der Waals surface area contributed by atoms with Crippen LogP contribution in [-0.2, 0) is 4.79 Å². The number of pyridine rings is 1. The first kappa shape index (κ1) is 14.2. The second-order valence-corrected chi connectivity index (χ2v) is 4.88. The molecule has 7 nitrogen and oxygen atoms in total. The van der Waals surface area contributed by atoms with Crippen molar-refractivity contribution < 1.29 is 9.72 Å². The van der Waals surface area contributed by atoms with Gasteiger partial charge in [0.2, 0.25) is 11.7 Å². The predicted octanol–water partition coefficient (Wildman–Crippen LogP) is 1.80. The Morgan fingerprint density at radius 3 is 2.80 bits per heavy atom. The number of nitro groups is 1. The van der Waals surface area contributed by atoms with Crippen LogP contribution >= 0.6 is 0 Å². The summed E-state index contributed by atoms with van der Waals surface area (Å²) >= 11 is 0. The van der Waals surface area contributed by atoms with Crippen molar-refractivity contribution in [3.8, 4) is 0 Å². The Kier molecular flexibility index (Phi) is 4.49. The summed E-state index contributed by atoms with van der Waals surface area (Å²) in [5, 5.41) is 13.7. The molecule has 1 aliphatic heterocycles. The fraction of sp³-hybridized carbons (Fsp3) is 0.538. The van der Waals surface area contributed by atoms with Gasteiger partial charge in [-0.25, -0.2) is 4.98 Å². The Hall–Kier alpha value is -2.18. The highest BCUT2D eigenvalue weighted by Gasteiger charge is 2.24. The van der Waals surface area contributed by atoms with E-state index >= 15 is 0 Å². The van der Waals surface area contributed by atoms with Crippen molar-refractivity contribution in [2.45, 2.75) is 32.2 Å². The summed E-state index contributed by atoms with van der Waals surface area (Å²) in [6.45, 7) is 3.22. The van der Waals surface area contributed by atoms with Gasteiger partial charge in [0.15, 0.2) is 0 Å². The van der Waals surface area contributed by atoms with Gasteiger partial charge in [-0.15, -0.1) is 0 Å². The fourth-order valence-corrected chi connectivity index (χ4v) is 2.31. The molecule has 1 unspecified atom stereocenters. The molecule has 2 heterocycles. The Labute approximate surface area is 117 Å². The Balaban J connectivity index is 2.05. The number of nitrogens with zero attached hydrogens (tertiary/aromatic N) is 3. The van der Waals surface area contributed by atoms with Gasteiger partial charge in [0.05, 0.1) is 4.92 Å². The molecule has 0 bridgehead atoms. The van der Waals surface area contributed by atoms with Crippen LogP contribution in [0.25, 0.3) is 0 Å². The van der Waals surface area contributed by atoms with E-state index in [-0.39, 0.29) is 17.4 Å². The van der Waals surface area contributed by atoms with Crippen LogP contribution in [0.2, 0.25) is 0 Å². The van der Waals surface area contributed by atoms with Crippen molar-refractivity contribution >= 4 is 17.4 Å². The van der Waals surface area contributed by atoms with Gasteiger partial charge in [0.1, 0.15) is 6.04 Å². The van der Waals surface area contributed by atoms with Crippen LogP contribution in [0.3, 0.4) is 0 Å². The molecule has 0 aromatic carbocycles. The van der Waals surface area contributed by atoms with Crippen molar-refractivity contribution in [3.05, 3.63) is 28.4 Å². The summed E-state index contributed by atoms with van der Waals surface area (Å²) in [5.74, 6) is 0.0972. The molecule has 1 amide bonds. The number of hydrogen-bond acceptors (Lipinski definition) is 5. The first-order valence-corrected chi connectivity index (χ1v) is 6.74. The molecule has 1 saturated heterocycles. The first-order valence-electron chi connectivity index (χ1n) is 6.74. The molecular formula is C13H18N4O3. The Morgan fingerprint density at radius 2 is 2.15 bits per heavy atom. The molecule has 1 aromatic heterocycles. The molecule has 1 atom stereocenters. The Morgan fingerprint density at radius 1 is 1.45 bits per heavy atom. The second kappa shape index (κ2) is 6.31. The lowest BCUT2D eigenvalue weighted by atomic mass is 10.1. The number of hydrogen-bond donors (Lipinski definition) is 1. The van der Waals surface area contributed by atoms with Crippen molar-refractivity contribution in [2.24, 2.45) is 0 Å². The van der Waals surface area contributed by atoms with Crippen molar-refractivity contribution in [1.29, 1.82) is 0 Å². The van der Waals surface area contributed by atoms with Crippen molar-refractivity contribution in [2.75, 3.05) is 18.4 Å².